The van der Waals surface area contributed by atoms with E-state index < -0.39 is 6.61 Å². The van der Waals surface area contributed by atoms with Crippen LogP contribution in [0.1, 0.15) is 11.4 Å². The number of benzene rings is 2. The number of imidazole rings is 1. The number of nitrogens with zero attached hydrogens (tertiary/aromatic N) is 2. The maximum Gasteiger partial charge on any atom is 0.387 e. The van der Waals surface area contributed by atoms with Crippen LogP contribution in [-0.4, -0.2) is 28.6 Å². The van der Waals surface area contributed by atoms with Gasteiger partial charge in [-0.2, -0.15) is 8.78 Å². The Bertz CT molecular complexity index is 1020. The molecule has 0 atom stereocenters. The van der Waals surface area contributed by atoms with E-state index in [4.69, 9.17) is 0 Å². The first-order valence-electron chi connectivity index (χ1n) is 8.54. The van der Waals surface area contributed by atoms with Crippen LogP contribution in [0.5, 0.6) is 5.75 Å². The number of rotatable bonds is 7. The zero-order chi connectivity index (χ0) is 20.1. The van der Waals surface area contributed by atoms with Gasteiger partial charge in [-0.05, 0) is 24.3 Å². The number of hydrogen-bond donors (Lipinski definition) is 1. The van der Waals surface area contributed by atoms with Crippen LogP contribution in [0.2, 0.25) is 0 Å². The third-order valence-corrected chi connectivity index (χ3v) is 4.13. The molecular weight excluding hydrogens is 371 g/mol. The molecule has 0 bridgehead atoms. The van der Waals surface area contributed by atoms with E-state index in [-0.39, 0.29) is 17.5 Å². The highest BCUT2D eigenvalue weighted by molar-refractivity contribution is 5.92. The predicted octanol–water partition coefficient (Wildman–Crippen LogP) is 3.69. The van der Waals surface area contributed by atoms with E-state index >= 15 is 0 Å². The van der Waals surface area contributed by atoms with Gasteiger partial charge in [0, 0.05) is 37.7 Å². The Labute approximate surface area is 159 Å². The van der Waals surface area contributed by atoms with Gasteiger partial charge in [-0.25, -0.2) is 9.37 Å². The van der Waals surface area contributed by atoms with Gasteiger partial charge in [0.05, 0.1) is 11.0 Å². The molecule has 5 nitrogen and oxygen atoms in total. The summed E-state index contributed by atoms with van der Waals surface area (Å²) in [7, 11) is 1.82. The molecule has 0 unspecified atom stereocenters. The lowest BCUT2D eigenvalue weighted by molar-refractivity contribution is -0.116. The molecular formula is C20H18F3N3O2. The van der Waals surface area contributed by atoms with Gasteiger partial charge in [0.1, 0.15) is 17.4 Å². The van der Waals surface area contributed by atoms with Crippen molar-refractivity contribution in [2.75, 3.05) is 6.54 Å². The highest BCUT2D eigenvalue weighted by Gasteiger charge is 2.09. The van der Waals surface area contributed by atoms with E-state index in [1.165, 1.54) is 30.4 Å². The number of aryl methyl sites for hydroxylation is 1. The van der Waals surface area contributed by atoms with Crippen molar-refractivity contribution in [3.63, 3.8) is 0 Å². The van der Waals surface area contributed by atoms with E-state index in [0.29, 0.717) is 29.9 Å². The minimum Gasteiger partial charge on any atom is -0.434 e. The molecule has 2 aromatic carbocycles. The normalized spacial score (nSPS) is 11.5. The third-order valence-electron chi connectivity index (χ3n) is 4.13. The fourth-order valence-corrected chi connectivity index (χ4v) is 2.79. The molecule has 0 spiro atoms. The lowest BCUT2D eigenvalue weighted by atomic mass is 10.2. The highest BCUT2D eigenvalue weighted by Crippen LogP contribution is 2.21. The summed E-state index contributed by atoms with van der Waals surface area (Å²) in [5.41, 5.74) is 1.73. The second-order valence-electron chi connectivity index (χ2n) is 6.01. The van der Waals surface area contributed by atoms with Crippen molar-refractivity contribution in [2.24, 2.45) is 7.05 Å². The Morgan fingerprint density at radius 3 is 2.86 bits per heavy atom. The molecule has 3 rings (SSSR count). The number of carbonyl (C=O) groups is 1. The van der Waals surface area contributed by atoms with Gasteiger partial charge in [0.25, 0.3) is 0 Å². The zero-order valence-electron chi connectivity index (χ0n) is 15.0. The van der Waals surface area contributed by atoms with Gasteiger partial charge in [0.15, 0.2) is 0 Å². The number of hydrogen-bond acceptors (Lipinski definition) is 3. The Morgan fingerprint density at radius 2 is 2.07 bits per heavy atom. The first-order valence-corrected chi connectivity index (χ1v) is 8.54. The SMILES string of the molecule is Cn1c(CCNC(=O)/C=C/c2ccccc2OC(F)F)nc2cc(F)ccc21. The molecule has 0 saturated carbocycles. The smallest absolute Gasteiger partial charge is 0.387 e. The summed E-state index contributed by atoms with van der Waals surface area (Å²) in [6.45, 7) is -2.62. The largest absolute Gasteiger partial charge is 0.434 e. The van der Waals surface area contributed by atoms with E-state index in [0.717, 1.165) is 5.52 Å². The number of nitrogens with one attached hydrogen (secondary N) is 1. The number of fused-ring (bicyclic) bond motifs is 1. The van der Waals surface area contributed by atoms with Gasteiger partial charge < -0.3 is 14.6 Å². The number of amides is 1. The average Bonchev–Trinajstić information content (AvgIpc) is 2.95. The molecule has 8 heteroatoms. The first kappa shape index (κ1) is 19.5. The average molecular weight is 389 g/mol. The Hall–Kier alpha value is -3.29. The van der Waals surface area contributed by atoms with E-state index in [9.17, 15) is 18.0 Å². The van der Waals surface area contributed by atoms with Gasteiger partial charge in [-0.15, -0.1) is 0 Å². The van der Waals surface area contributed by atoms with Crippen LogP contribution >= 0.6 is 0 Å². The second-order valence-corrected chi connectivity index (χ2v) is 6.01. The third kappa shape index (κ3) is 4.70. The quantitative estimate of drug-likeness (QED) is 0.627. The maximum absolute atomic E-state index is 13.3. The summed E-state index contributed by atoms with van der Waals surface area (Å²) in [6.07, 6.45) is 3.11. The maximum atomic E-state index is 13.3. The van der Waals surface area contributed by atoms with Crippen LogP contribution < -0.4 is 10.1 Å². The summed E-state index contributed by atoms with van der Waals surface area (Å²) in [5, 5.41) is 2.70. The molecule has 1 heterocycles. The summed E-state index contributed by atoms with van der Waals surface area (Å²) in [5.74, 6) is -0.0302. The molecule has 0 fully saturated rings. The Morgan fingerprint density at radius 1 is 1.29 bits per heavy atom. The van der Waals surface area contributed by atoms with Crippen molar-refractivity contribution in [1.82, 2.24) is 14.9 Å². The second kappa shape index (κ2) is 8.60. The molecule has 0 aliphatic carbocycles. The van der Waals surface area contributed by atoms with Crippen molar-refractivity contribution >= 4 is 23.0 Å². The van der Waals surface area contributed by atoms with Crippen molar-refractivity contribution in [3.05, 3.63) is 65.7 Å². The Balaban J connectivity index is 1.58. The fourth-order valence-electron chi connectivity index (χ4n) is 2.79. The van der Waals surface area contributed by atoms with Gasteiger partial charge in [-0.3, -0.25) is 4.79 Å². The van der Waals surface area contributed by atoms with E-state index in [2.05, 4.69) is 15.0 Å². The van der Waals surface area contributed by atoms with E-state index in [1.807, 2.05) is 11.6 Å². The highest BCUT2D eigenvalue weighted by atomic mass is 19.3. The first-order chi connectivity index (χ1) is 13.4. The zero-order valence-corrected chi connectivity index (χ0v) is 15.0. The topological polar surface area (TPSA) is 56.2 Å². The summed E-state index contributed by atoms with van der Waals surface area (Å²) >= 11 is 0. The lowest BCUT2D eigenvalue weighted by Gasteiger charge is -2.07. The molecule has 0 aliphatic rings. The molecule has 3 aromatic rings. The summed E-state index contributed by atoms with van der Waals surface area (Å²) < 4.78 is 44.4. The molecule has 0 radical (unpaired) electrons. The lowest BCUT2D eigenvalue weighted by Crippen LogP contribution is -2.24. The van der Waals surface area contributed by atoms with Crippen LogP contribution in [0.3, 0.4) is 0 Å². The minimum absolute atomic E-state index is 0.00603. The van der Waals surface area contributed by atoms with E-state index in [1.54, 1.807) is 24.3 Å². The van der Waals surface area contributed by atoms with Gasteiger partial charge >= 0.3 is 6.61 Å². The number of halogens is 3. The number of carbonyl (C=O) groups excluding carboxylic acids is 1. The number of para-hydroxylation sites is 1. The molecule has 146 valence electrons. The van der Waals surface area contributed by atoms with Gasteiger partial charge in [0.2, 0.25) is 5.91 Å². The standard InChI is InChI=1S/C20H18F3N3O2/c1-26-16-8-7-14(21)12-15(16)25-18(26)10-11-24-19(27)9-6-13-4-2-3-5-17(13)28-20(22)23/h2-9,12,20H,10-11H2,1H3,(H,24,27)/b9-6+. The molecule has 28 heavy (non-hydrogen) atoms. The van der Waals surface area contributed by atoms with Crippen molar-refractivity contribution in [1.29, 1.82) is 0 Å². The molecule has 0 aliphatic heterocycles. The Kier molecular flexibility index (Phi) is 5.98. The fraction of sp³-hybridized carbons (Fsp3) is 0.200. The van der Waals surface area contributed by atoms with Gasteiger partial charge in [-0.1, -0.05) is 18.2 Å². The van der Waals surface area contributed by atoms with Crippen molar-refractivity contribution in [3.8, 4) is 5.75 Å². The van der Waals surface area contributed by atoms with Crippen molar-refractivity contribution < 1.29 is 22.7 Å². The van der Waals surface area contributed by atoms with Crippen molar-refractivity contribution in [2.45, 2.75) is 13.0 Å². The van der Waals surface area contributed by atoms with Crippen LogP contribution in [-0.2, 0) is 18.3 Å². The monoisotopic (exact) mass is 389 g/mol. The van der Waals surface area contributed by atoms with Crippen LogP contribution in [0.4, 0.5) is 13.2 Å². The number of ether oxygens (including phenoxy) is 1. The van der Waals surface area contributed by atoms with Crippen LogP contribution in [0.15, 0.2) is 48.5 Å². The summed E-state index contributed by atoms with van der Waals surface area (Å²) in [4.78, 5) is 16.3. The van der Waals surface area contributed by atoms with Crippen LogP contribution in [0, 0.1) is 5.82 Å². The molecule has 1 aromatic heterocycles. The number of aromatic nitrogens is 2. The molecule has 1 N–H and O–H groups in total. The molecule has 1 amide bonds. The van der Waals surface area contributed by atoms with Crippen LogP contribution in [0.25, 0.3) is 17.1 Å². The minimum atomic E-state index is -2.94. The summed E-state index contributed by atoms with van der Waals surface area (Å²) in [6, 6.07) is 10.6. The number of alkyl halides is 2. The molecule has 0 saturated heterocycles. The predicted molar refractivity (Wildman–Crippen MR) is 99.5 cm³/mol.